The van der Waals surface area contributed by atoms with Gasteiger partial charge >= 0.3 is 0 Å². The third-order valence-corrected chi connectivity index (χ3v) is 3.94. The van der Waals surface area contributed by atoms with E-state index in [2.05, 4.69) is 20.4 Å². The first-order valence-corrected chi connectivity index (χ1v) is 8.00. The predicted molar refractivity (Wildman–Crippen MR) is 96.0 cm³/mol. The van der Waals surface area contributed by atoms with Gasteiger partial charge in [0, 0.05) is 17.4 Å². The number of nitrogens with one attached hydrogen (secondary N) is 1. The maximum Gasteiger partial charge on any atom is 0.259 e. The van der Waals surface area contributed by atoms with Crippen molar-refractivity contribution < 1.29 is 9.21 Å². The summed E-state index contributed by atoms with van der Waals surface area (Å²) in [6, 6.07) is 12.8. The smallest absolute Gasteiger partial charge is 0.259 e. The zero-order valence-electron chi connectivity index (χ0n) is 14.0. The molecular weight excluding hydrogens is 330 g/mol. The van der Waals surface area contributed by atoms with Crippen molar-refractivity contribution in [2.75, 3.05) is 5.32 Å². The number of carbonyl (C=O) groups is 1. The highest BCUT2D eigenvalue weighted by molar-refractivity contribution is 6.05. The molecule has 3 aromatic heterocycles. The maximum atomic E-state index is 12.6. The fourth-order valence-corrected chi connectivity index (χ4v) is 2.60. The molecule has 0 radical (unpaired) electrons. The van der Waals surface area contributed by atoms with Crippen molar-refractivity contribution in [2.24, 2.45) is 0 Å². The Morgan fingerprint density at radius 3 is 2.62 bits per heavy atom. The first-order valence-electron chi connectivity index (χ1n) is 8.00. The number of benzene rings is 1. The molecule has 0 atom stereocenters. The standard InChI is InChI=1S/C19H15N5O2/c1-13-16(12-22-24(13)17-4-2-3-9-20-17)18(25)23-15-7-5-14(6-8-15)19-21-10-11-26-19/h2-12H,1H3,(H,23,25). The van der Waals surface area contributed by atoms with Crippen molar-refractivity contribution in [3.63, 3.8) is 0 Å². The number of carbonyl (C=O) groups excluding carboxylic acids is 1. The lowest BCUT2D eigenvalue weighted by atomic mass is 10.2. The summed E-state index contributed by atoms with van der Waals surface area (Å²) < 4.78 is 6.89. The van der Waals surface area contributed by atoms with Gasteiger partial charge in [0.1, 0.15) is 6.26 Å². The topological polar surface area (TPSA) is 85.8 Å². The molecule has 3 heterocycles. The van der Waals surface area contributed by atoms with E-state index in [1.54, 1.807) is 35.4 Å². The van der Waals surface area contributed by atoms with E-state index in [0.29, 0.717) is 23.0 Å². The van der Waals surface area contributed by atoms with Crippen LogP contribution in [0, 0.1) is 6.92 Å². The van der Waals surface area contributed by atoms with Gasteiger partial charge in [0.25, 0.3) is 5.91 Å². The number of hydrogen-bond acceptors (Lipinski definition) is 5. The molecule has 7 heteroatoms. The highest BCUT2D eigenvalue weighted by Gasteiger charge is 2.16. The average Bonchev–Trinajstić information content (AvgIpc) is 3.33. The van der Waals surface area contributed by atoms with Gasteiger partial charge in [-0.3, -0.25) is 4.79 Å². The largest absolute Gasteiger partial charge is 0.445 e. The fraction of sp³-hybridized carbons (Fsp3) is 0.0526. The van der Waals surface area contributed by atoms with Crippen molar-refractivity contribution in [1.82, 2.24) is 19.7 Å². The Morgan fingerprint density at radius 1 is 1.08 bits per heavy atom. The molecular formula is C19H15N5O2. The van der Waals surface area contributed by atoms with Gasteiger partial charge in [0.2, 0.25) is 5.89 Å². The minimum Gasteiger partial charge on any atom is -0.445 e. The molecule has 1 amide bonds. The second-order valence-electron chi connectivity index (χ2n) is 5.61. The van der Waals surface area contributed by atoms with Gasteiger partial charge in [-0.1, -0.05) is 6.07 Å². The van der Waals surface area contributed by atoms with Crippen LogP contribution in [0.3, 0.4) is 0 Å². The van der Waals surface area contributed by atoms with E-state index in [-0.39, 0.29) is 5.91 Å². The van der Waals surface area contributed by atoms with Gasteiger partial charge in [-0.15, -0.1) is 0 Å². The van der Waals surface area contributed by atoms with Gasteiger partial charge in [0.15, 0.2) is 5.82 Å². The second-order valence-corrected chi connectivity index (χ2v) is 5.61. The van der Waals surface area contributed by atoms with Crippen LogP contribution in [0.5, 0.6) is 0 Å². The Morgan fingerprint density at radius 2 is 1.92 bits per heavy atom. The summed E-state index contributed by atoms with van der Waals surface area (Å²) in [6.07, 6.45) is 6.34. The summed E-state index contributed by atoms with van der Waals surface area (Å²) in [6.45, 7) is 1.84. The highest BCUT2D eigenvalue weighted by Crippen LogP contribution is 2.20. The van der Waals surface area contributed by atoms with Crippen LogP contribution in [0.2, 0.25) is 0 Å². The molecule has 0 saturated heterocycles. The van der Waals surface area contributed by atoms with Crippen molar-refractivity contribution in [3.8, 4) is 17.3 Å². The lowest BCUT2D eigenvalue weighted by Crippen LogP contribution is -2.13. The lowest BCUT2D eigenvalue weighted by Gasteiger charge is -2.06. The van der Waals surface area contributed by atoms with E-state index >= 15 is 0 Å². The number of hydrogen-bond donors (Lipinski definition) is 1. The minimum atomic E-state index is -0.228. The molecule has 4 aromatic rings. The van der Waals surface area contributed by atoms with Gasteiger partial charge in [-0.05, 0) is 43.3 Å². The van der Waals surface area contributed by atoms with E-state index in [0.717, 1.165) is 11.3 Å². The van der Waals surface area contributed by atoms with Crippen molar-refractivity contribution >= 4 is 11.6 Å². The molecule has 1 aromatic carbocycles. The van der Waals surface area contributed by atoms with E-state index in [4.69, 9.17) is 4.42 Å². The van der Waals surface area contributed by atoms with Crippen LogP contribution in [-0.4, -0.2) is 25.7 Å². The normalized spacial score (nSPS) is 10.7. The molecule has 128 valence electrons. The second kappa shape index (κ2) is 6.64. The molecule has 0 aliphatic heterocycles. The van der Waals surface area contributed by atoms with Crippen molar-refractivity contribution in [2.45, 2.75) is 6.92 Å². The van der Waals surface area contributed by atoms with E-state index in [1.165, 1.54) is 6.26 Å². The van der Waals surface area contributed by atoms with Crippen molar-refractivity contribution in [3.05, 3.63) is 78.6 Å². The zero-order valence-corrected chi connectivity index (χ0v) is 14.0. The van der Waals surface area contributed by atoms with Crippen molar-refractivity contribution in [1.29, 1.82) is 0 Å². The summed E-state index contributed by atoms with van der Waals surface area (Å²) >= 11 is 0. The van der Waals surface area contributed by atoms with E-state index in [9.17, 15) is 4.79 Å². The summed E-state index contributed by atoms with van der Waals surface area (Å²) in [5.41, 5.74) is 2.73. The molecule has 26 heavy (non-hydrogen) atoms. The van der Waals surface area contributed by atoms with E-state index < -0.39 is 0 Å². The molecule has 0 aliphatic rings. The summed E-state index contributed by atoms with van der Waals surface area (Å²) in [5, 5.41) is 7.14. The number of oxazole rings is 1. The quantitative estimate of drug-likeness (QED) is 0.612. The third-order valence-electron chi connectivity index (χ3n) is 3.94. The molecule has 0 fully saturated rings. The van der Waals surface area contributed by atoms with Crippen LogP contribution in [0.4, 0.5) is 5.69 Å². The SMILES string of the molecule is Cc1c(C(=O)Nc2ccc(-c3ncco3)cc2)cnn1-c1ccccn1. The molecule has 4 rings (SSSR count). The summed E-state index contributed by atoms with van der Waals surface area (Å²) in [4.78, 5) is 20.9. The van der Waals surface area contributed by atoms with Crippen LogP contribution < -0.4 is 5.32 Å². The maximum absolute atomic E-state index is 12.6. The first-order chi connectivity index (χ1) is 12.7. The molecule has 0 aliphatic carbocycles. The Bertz CT molecular complexity index is 1020. The third kappa shape index (κ3) is 2.98. The Hall–Kier alpha value is -3.74. The van der Waals surface area contributed by atoms with Gasteiger partial charge < -0.3 is 9.73 Å². The molecule has 0 spiro atoms. The Labute approximate surface area is 149 Å². The number of amides is 1. The van der Waals surface area contributed by atoms with E-state index in [1.807, 2.05) is 37.3 Å². The molecule has 0 unspecified atom stereocenters. The molecule has 0 bridgehead atoms. The fourth-order valence-electron chi connectivity index (χ4n) is 2.60. The number of nitrogens with zero attached hydrogens (tertiary/aromatic N) is 4. The average molecular weight is 345 g/mol. The highest BCUT2D eigenvalue weighted by atomic mass is 16.3. The monoisotopic (exact) mass is 345 g/mol. The zero-order chi connectivity index (χ0) is 17.9. The number of pyridine rings is 1. The number of anilines is 1. The summed E-state index contributed by atoms with van der Waals surface area (Å²) in [7, 11) is 0. The van der Waals surface area contributed by atoms with Crippen LogP contribution >= 0.6 is 0 Å². The lowest BCUT2D eigenvalue weighted by molar-refractivity contribution is 0.102. The van der Waals surface area contributed by atoms with Crippen LogP contribution in [0.25, 0.3) is 17.3 Å². The summed E-state index contributed by atoms with van der Waals surface area (Å²) in [5.74, 6) is 0.975. The minimum absolute atomic E-state index is 0.228. The van der Waals surface area contributed by atoms with Gasteiger partial charge in [0.05, 0.1) is 23.7 Å². The predicted octanol–water partition coefficient (Wildman–Crippen LogP) is 3.48. The molecule has 0 saturated carbocycles. The molecule has 1 N–H and O–H groups in total. The van der Waals surface area contributed by atoms with Crippen LogP contribution in [0.1, 0.15) is 16.1 Å². The van der Waals surface area contributed by atoms with Crippen LogP contribution in [-0.2, 0) is 0 Å². The number of aromatic nitrogens is 4. The van der Waals surface area contributed by atoms with Crippen LogP contribution in [0.15, 0.2) is 71.7 Å². The Kier molecular flexibility index (Phi) is 4.03. The van der Waals surface area contributed by atoms with Gasteiger partial charge in [-0.2, -0.15) is 5.10 Å². The number of rotatable bonds is 4. The molecule has 7 nitrogen and oxygen atoms in total. The first kappa shape index (κ1) is 15.8. The van der Waals surface area contributed by atoms with Gasteiger partial charge in [-0.25, -0.2) is 14.6 Å². The Balaban J connectivity index is 1.53.